The molecule has 0 saturated carbocycles. The number of aromatic amines is 1. The molecule has 94 valence electrons. The second-order valence-electron chi connectivity index (χ2n) is 3.80. The number of imidazole rings is 1. The second kappa shape index (κ2) is 5.42. The van der Waals surface area contributed by atoms with Crippen LogP contribution >= 0.6 is 0 Å². The standard InChI is InChI=1S/C12H14N4O2/c1-2-13-8-12-14-7-10(15-12)9-5-3-4-6-11(9)16(17)18/h3-7,13H,2,8H2,1H3,(H,14,15). The van der Waals surface area contributed by atoms with E-state index in [2.05, 4.69) is 15.3 Å². The van der Waals surface area contributed by atoms with Gasteiger partial charge in [0.25, 0.3) is 5.69 Å². The smallest absolute Gasteiger partial charge is 0.278 e. The van der Waals surface area contributed by atoms with Gasteiger partial charge in [0, 0.05) is 6.07 Å². The maximum atomic E-state index is 10.9. The number of H-pyrrole nitrogens is 1. The summed E-state index contributed by atoms with van der Waals surface area (Å²) in [5.41, 5.74) is 1.30. The van der Waals surface area contributed by atoms with Gasteiger partial charge in [0.1, 0.15) is 5.82 Å². The van der Waals surface area contributed by atoms with E-state index in [0.717, 1.165) is 12.4 Å². The Labute approximate surface area is 104 Å². The van der Waals surface area contributed by atoms with E-state index in [0.29, 0.717) is 17.8 Å². The molecule has 0 spiro atoms. The van der Waals surface area contributed by atoms with Crippen LogP contribution in [0.3, 0.4) is 0 Å². The lowest BCUT2D eigenvalue weighted by atomic mass is 10.1. The molecule has 0 aliphatic heterocycles. The number of benzene rings is 1. The molecule has 6 heteroatoms. The molecule has 1 aromatic carbocycles. The van der Waals surface area contributed by atoms with Crippen molar-refractivity contribution in [2.75, 3.05) is 6.54 Å². The SMILES string of the molecule is CCNCc1ncc(-c2ccccc2[N+](=O)[O-])[nH]1. The quantitative estimate of drug-likeness (QED) is 0.625. The van der Waals surface area contributed by atoms with Gasteiger partial charge in [-0.2, -0.15) is 0 Å². The molecule has 0 radical (unpaired) electrons. The van der Waals surface area contributed by atoms with Gasteiger partial charge in [0.2, 0.25) is 0 Å². The Kier molecular flexibility index (Phi) is 3.69. The fraction of sp³-hybridized carbons (Fsp3) is 0.250. The molecular weight excluding hydrogens is 232 g/mol. The normalized spacial score (nSPS) is 10.5. The number of aromatic nitrogens is 2. The Hall–Kier alpha value is -2.21. The van der Waals surface area contributed by atoms with Crippen LogP contribution in [0.1, 0.15) is 12.7 Å². The van der Waals surface area contributed by atoms with Crippen molar-refractivity contribution in [2.24, 2.45) is 0 Å². The predicted octanol–water partition coefficient (Wildman–Crippen LogP) is 2.09. The third-order valence-electron chi connectivity index (χ3n) is 2.56. The number of hydrogen-bond acceptors (Lipinski definition) is 4. The lowest BCUT2D eigenvalue weighted by Crippen LogP contribution is -2.12. The Morgan fingerprint density at radius 1 is 1.44 bits per heavy atom. The molecule has 0 bridgehead atoms. The molecule has 0 saturated heterocycles. The zero-order valence-electron chi connectivity index (χ0n) is 10.0. The van der Waals surface area contributed by atoms with Gasteiger partial charge in [-0.05, 0) is 12.6 Å². The van der Waals surface area contributed by atoms with Crippen LogP contribution < -0.4 is 5.32 Å². The highest BCUT2D eigenvalue weighted by Gasteiger charge is 2.15. The van der Waals surface area contributed by atoms with Gasteiger partial charge in [-0.3, -0.25) is 10.1 Å². The zero-order chi connectivity index (χ0) is 13.0. The molecule has 2 rings (SSSR count). The first kappa shape index (κ1) is 12.3. The van der Waals surface area contributed by atoms with Crippen LogP contribution in [-0.2, 0) is 6.54 Å². The van der Waals surface area contributed by atoms with Crippen LogP contribution in [-0.4, -0.2) is 21.4 Å². The van der Waals surface area contributed by atoms with E-state index >= 15 is 0 Å². The van der Waals surface area contributed by atoms with Crippen LogP contribution in [0.4, 0.5) is 5.69 Å². The second-order valence-corrected chi connectivity index (χ2v) is 3.80. The average Bonchev–Trinajstić information content (AvgIpc) is 2.85. The van der Waals surface area contributed by atoms with Crippen molar-refractivity contribution in [2.45, 2.75) is 13.5 Å². The van der Waals surface area contributed by atoms with Crippen molar-refractivity contribution in [3.05, 3.63) is 46.4 Å². The van der Waals surface area contributed by atoms with E-state index in [-0.39, 0.29) is 10.6 Å². The van der Waals surface area contributed by atoms with Gasteiger partial charge in [0.15, 0.2) is 0 Å². The minimum Gasteiger partial charge on any atom is -0.341 e. The minimum atomic E-state index is -0.389. The topological polar surface area (TPSA) is 83.8 Å². The van der Waals surface area contributed by atoms with Crippen LogP contribution in [0.2, 0.25) is 0 Å². The van der Waals surface area contributed by atoms with E-state index in [1.165, 1.54) is 6.07 Å². The number of rotatable bonds is 5. The van der Waals surface area contributed by atoms with Crippen molar-refractivity contribution < 1.29 is 4.92 Å². The van der Waals surface area contributed by atoms with Crippen molar-refractivity contribution in [3.8, 4) is 11.3 Å². The lowest BCUT2D eigenvalue weighted by molar-refractivity contribution is -0.384. The fourth-order valence-electron chi connectivity index (χ4n) is 1.69. The summed E-state index contributed by atoms with van der Waals surface area (Å²) in [5.74, 6) is 0.769. The number of nitro benzene ring substituents is 1. The summed E-state index contributed by atoms with van der Waals surface area (Å²) in [6, 6.07) is 6.62. The molecule has 0 aliphatic carbocycles. The van der Waals surface area contributed by atoms with Crippen LogP contribution in [0.25, 0.3) is 11.3 Å². The molecule has 2 aromatic rings. The first-order valence-electron chi connectivity index (χ1n) is 5.70. The van der Waals surface area contributed by atoms with Crippen molar-refractivity contribution in [3.63, 3.8) is 0 Å². The molecule has 0 aliphatic rings. The van der Waals surface area contributed by atoms with E-state index in [9.17, 15) is 10.1 Å². The first-order chi connectivity index (χ1) is 8.72. The minimum absolute atomic E-state index is 0.0798. The van der Waals surface area contributed by atoms with E-state index in [1.54, 1.807) is 24.4 Å². The summed E-state index contributed by atoms with van der Waals surface area (Å²) in [6.07, 6.45) is 1.62. The van der Waals surface area contributed by atoms with Gasteiger partial charge < -0.3 is 10.3 Å². The number of hydrogen-bond donors (Lipinski definition) is 2. The fourth-order valence-corrected chi connectivity index (χ4v) is 1.69. The monoisotopic (exact) mass is 246 g/mol. The number of nitrogens with one attached hydrogen (secondary N) is 2. The maximum Gasteiger partial charge on any atom is 0.278 e. The molecule has 0 amide bonds. The number of nitro groups is 1. The molecular formula is C12H14N4O2. The van der Waals surface area contributed by atoms with Crippen LogP contribution in [0.15, 0.2) is 30.5 Å². The maximum absolute atomic E-state index is 10.9. The average molecular weight is 246 g/mol. The van der Waals surface area contributed by atoms with Crippen molar-refractivity contribution >= 4 is 5.69 Å². The molecule has 0 unspecified atom stereocenters. The Balaban J connectivity index is 2.31. The van der Waals surface area contributed by atoms with Gasteiger partial charge in [-0.1, -0.05) is 19.1 Å². The highest BCUT2D eigenvalue weighted by atomic mass is 16.6. The van der Waals surface area contributed by atoms with Crippen molar-refractivity contribution in [1.82, 2.24) is 15.3 Å². The van der Waals surface area contributed by atoms with E-state index < -0.39 is 0 Å². The summed E-state index contributed by atoms with van der Waals surface area (Å²) in [5, 5.41) is 14.1. The molecule has 18 heavy (non-hydrogen) atoms. The molecule has 6 nitrogen and oxygen atoms in total. The summed E-state index contributed by atoms with van der Waals surface area (Å²) >= 11 is 0. The third-order valence-corrected chi connectivity index (χ3v) is 2.56. The number of nitrogens with zero attached hydrogens (tertiary/aromatic N) is 2. The van der Waals surface area contributed by atoms with Gasteiger partial charge in [0.05, 0.1) is 28.9 Å². The van der Waals surface area contributed by atoms with Gasteiger partial charge in [-0.25, -0.2) is 4.98 Å². The first-order valence-corrected chi connectivity index (χ1v) is 5.70. The molecule has 1 aromatic heterocycles. The molecule has 0 atom stereocenters. The van der Waals surface area contributed by atoms with Gasteiger partial charge >= 0.3 is 0 Å². The largest absolute Gasteiger partial charge is 0.341 e. The molecule has 1 heterocycles. The lowest BCUT2D eigenvalue weighted by Gasteiger charge is -2.00. The molecule has 0 fully saturated rings. The Bertz CT molecular complexity index is 551. The van der Waals surface area contributed by atoms with Crippen LogP contribution in [0.5, 0.6) is 0 Å². The third kappa shape index (κ3) is 2.54. The van der Waals surface area contributed by atoms with E-state index in [1.807, 2.05) is 6.92 Å². The zero-order valence-corrected chi connectivity index (χ0v) is 10.0. The highest BCUT2D eigenvalue weighted by molar-refractivity contribution is 5.70. The summed E-state index contributed by atoms with van der Waals surface area (Å²) < 4.78 is 0. The van der Waals surface area contributed by atoms with E-state index in [4.69, 9.17) is 0 Å². The predicted molar refractivity (Wildman–Crippen MR) is 68.1 cm³/mol. The van der Waals surface area contributed by atoms with Gasteiger partial charge in [-0.15, -0.1) is 0 Å². The summed E-state index contributed by atoms with van der Waals surface area (Å²) in [7, 11) is 0. The summed E-state index contributed by atoms with van der Waals surface area (Å²) in [6.45, 7) is 3.48. The Morgan fingerprint density at radius 3 is 2.94 bits per heavy atom. The highest BCUT2D eigenvalue weighted by Crippen LogP contribution is 2.27. The number of para-hydroxylation sites is 1. The molecule has 2 N–H and O–H groups in total. The van der Waals surface area contributed by atoms with Crippen molar-refractivity contribution in [1.29, 1.82) is 0 Å². The summed E-state index contributed by atoms with van der Waals surface area (Å²) in [4.78, 5) is 17.8. The van der Waals surface area contributed by atoms with Crippen LogP contribution in [0, 0.1) is 10.1 Å². The Morgan fingerprint density at radius 2 is 2.22 bits per heavy atom.